The van der Waals surface area contributed by atoms with Crippen LogP contribution in [0.25, 0.3) is 0 Å². The lowest BCUT2D eigenvalue weighted by Gasteiger charge is -2.26. The molecular formula is C14H27BrN4. The van der Waals surface area contributed by atoms with E-state index in [2.05, 4.69) is 40.3 Å². The number of hydrogen-bond acceptors (Lipinski definition) is 3. The van der Waals surface area contributed by atoms with Gasteiger partial charge in [0.1, 0.15) is 0 Å². The summed E-state index contributed by atoms with van der Waals surface area (Å²) >= 11 is 3.63. The van der Waals surface area contributed by atoms with Crippen molar-refractivity contribution in [3.05, 3.63) is 15.9 Å². The maximum Gasteiger partial charge on any atom is 0.0738 e. The van der Waals surface area contributed by atoms with Crippen LogP contribution in [0.1, 0.15) is 50.9 Å². The van der Waals surface area contributed by atoms with Crippen molar-refractivity contribution >= 4 is 15.9 Å². The van der Waals surface area contributed by atoms with E-state index < -0.39 is 0 Å². The minimum Gasteiger partial charge on any atom is -0.271 e. The van der Waals surface area contributed by atoms with Gasteiger partial charge in [-0.2, -0.15) is 5.10 Å². The van der Waals surface area contributed by atoms with Gasteiger partial charge in [0.05, 0.1) is 15.9 Å². The summed E-state index contributed by atoms with van der Waals surface area (Å²) in [5, 5.41) is 4.45. The molecule has 4 nitrogen and oxygen atoms in total. The highest BCUT2D eigenvalue weighted by atomic mass is 79.9. The van der Waals surface area contributed by atoms with Gasteiger partial charge in [-0.15, -0.1) is 0 Å². The molecule has 1 heterocycles. The van der Waals surface area contributed by atoms with Gasteiger partial charge in [-0.25, -0.2) is 0 Å². The summed E-state index contributed by atoms with van der Waals surface area (Å²) in [5.74, 6) is 6.42. The molecule has 0 aromatic carbocycles. The molecular weight excluding hydrogens is 304 g/mol. The highest BCUT2D eigenvalue weighted by Crippen LogP contribution is 2.25. The summed E-state index contributed by atoms with van der Waals surface area (Å²) in [5.41, 5.74) is 5.28. The fraction of sp³-hybridized carbons (Fsp3) is 0.786. The molecule has 1 aromatic rings. The van der Waals surface area contributed by atoms with Crippen LogP contribution in [0.4, 0.5) is 0 Å². The topological polar surface area (TPSA) is 55.9 Å². The highest BCUT2D eigenvalue weighted by Gasteiger charge is 2.22. The van der Waals surface area contributed by atoms with E-state index in [1.54, 1.807) is 0 Å². The van der Waals surface area contributed by atoms with Crippen LogP contribution in [0.2, 0.25) is 0 Å². The van der Waals surface area contributed by atoms with Gasteiger partial charge in [0.25, 0.3) is 0 Å². The molecule has 0 aliphatic rings. The SMILES string of the molecule is CCCC(CCC)C(Cc1c(Br)c(C)nn1C)NN. The van der Waals surface area contributed by atoms with Gasteiger partial charge in [0, 0.05) is 19.5 Å². The second-order valence-corrected chi connectivity index (χ2v) is 6.08. The van der Waals surface area contributed by atoms with Crippen LogP contribution >= 0.6 is 15.9 Å². The van der Waals surface area contributed by atoms with Crippen LogP contribution in [-0.2, 0) is 13.5 Å². The van der Waals surface area contributed by atoms with Crippen LogP contribution in [0, 0.1) is 12.8 Å². The van der Waals surface area contributed by atoms with E-state index in [4.69, 9.17) is 5.84 Å². The zero-order valence-corrected chi connectivity index (χ0v) is 14.1. The first kappa shape index (κ1) is 16.7. The van der Waals surface area contributed by atoms with Crippen molar-refractivity contribution in [3.8, 4) is 0 Å². The Morgan fingerprint density at radius 2 is 1.89 bits per heavy atom. The van der Waals surface area contributed by atoms with E-state index in [9.17, 15) is 0 Å². The lowest BCUT2D eigenvalue weighted by atomic mass is 9.88. The lowest BCUT2D eigenvalue weighted by molar-refractivity contribution is 0.307. The molecule has 3 N–H and O–H groups in total. The molecule has 0 radical (unpaired) electrons. The van der Waals surface area contributed by atoms with Crippen LogP contribution in [-0.4, -0.2) is 15.8 Å². The predicted octanol–water partition coefficient (Wildman–Crippen LogP) is 3.08. The van der Waals surface area contributed by atoms with E-state index in [-0.39, 0.29) is 0 Å². The van der Waals surface area contributed by atoms with Crippen molar-refractivity contribution < 1.29 is 0 Å². The molecule has 0 saturated carbocycles. The molecule has 5 heteroatoms. The maximum absolute atomic E-state index is 5.79. The highest BCUT2D eigenvalue weighted by molar-refractivity contribution is 9.10. The largest absolute Gasteiger partial charge is 0.271 e. The summed E-state index contributed by atoms with van der Waals surface area (Å²) in [6.45, 7) is 6.49. The molecule has 1 aromatic heterocycles. The molecule has 0 aliphatic carbocycles. The van der Waals surface area contributed by atoms with E-state index in [1.807, 2.05) is 18.7 Å². The fourth-order valence-corrected chi connectivity index (χ4v) is 3.26. The third kappa shape index (κ3) is 4.29. The van der Waals surface area contributed by atoms with Crippen LogP contribution in [0.3, 0.4) is 0 Å². The summed E-state index contributed by atoms with van der Waals surface area (Å²) < 4.78 is 3.07. The molecule has 0 spiro atoms. The van der Waals surface area contributed by atoms with Crippen molar-refractivity contribution in [1.82, 2.24) is 15.2 Å². The van der Waals surface area contributed by atoms with Crippen molar-refractivity contribution in [3.63, 3.8) is 0 Å². The summed E-state index contributed by atoms with van der Waals surface area (Å²) in [6.07, 6.45) is 5.76. The second-order valence-electron chi connectivity index (χ2n) is 5.28. The zero-order chi connectivity index (χ0) is 14.4. The monoisotopic (exact) mass is 330 g/mol. The van der Waals surface area contributed by atoms with E-state index in [1.165, 1.54) is 31.4 Å². The molecule has 0 aliphatic heterocycles. The quantitative estimate of drug-likeness (QED) is 0.568. The molecule has 1 rings (SSSR count). The smallest absolute Gasteiger partial charge is 0.0738 e. The van der Waals surface area contributed by atoms with Gasteiger partial charge in [-0.3, -0.25) is 16.0 Å². The van der Waals surface area contributed by atoms with Crippen molar-refractivity contribution in [2.75, 3.05) is 0 Å². The first-order valence-corrected chi connectivity index (χ1v) is 7.98. The fourth-order valence-electron chi connectivity index (χ4n) is 2.76. The molecule has 110 valence electrons. The Labute approximate surface area is 125 Å². The summed E-state index contributed by atoms with van der Waals surface area (Å²) in [7, 11) is 2.00. The average Bonchev–Trinajstić information content (AvgIpc) is 2.61. The Balaban J connectivity index is 2.84. The van der Waals surface area contributed by atoms with E-state index in [0.29, 0.717) is 12.0 Å². The molecule has 0 amide bonds. The van der Waals surface area contributed by atoms with Crippen molar-refractivity contribution in [2.24, 2.45) is 18.8 Å². The molecule has 0 saturated heterocycles. The number of aromatic nitrogens is 2. The van der Waals surface area contributed by atoms with E-state index >= 15 is 0 Å². The molecule has 1 atom stereocenters. The molecule has 19 heavy (non-hydrogen) atoms. The van der Waals surface area contributed by atoms with Gasteiger partial charge in [0.15, 0.2) is 0 Å². The Morgan fingerprint density at radius 3 is 2.26 bits per heavy atom. The third-order valence-corrected chi connectivity index (χ3v) is 4.81. The van der Waals surface area contributed by atoms with Crippen LogP contribution in [0.15, 0.2) is 4.47 Å². The number of rotatable bonds is 8. The number of hydrazine groups is 1. The minimum absolute atomic E-state index is 0.311. The number of halogens is 1. The van der Waals surface area contributed by atoms with Crippen LogP contribution in [0.5, 0.6) is 0 Å². The molecule has 1 unspecified atom stereocenters. The van der Waals surface area contributed by atoms with Gasteiger partial charge in [0.2, 0.25) is 0 Å². The van der Waals surface area contributed by atoms with Gasteiger partial charge >= 0.3 is 0 Å². The van der Waals surface area contributed by atoms with Crippen molar-refractivity contribution in [1.29, 1.82) is 0 Å². The molecule has 0 bridgehead atoms. The van der Waals surface area contributed by atoms with Crippen molar-refractivity contribution in [2.45, 2.75) is 58.9 Å². The summed E-state index contributed by atoms with van der Waals surface area (Å²) in [4.78, 5) is 0. The zero-order valence-electron chi connectivity index (χ0n) is 12.5. The lowest BCUT2D eigenvalue weighted by Crippen LogP contribution is -2.43. The standard InChI is InChI=1S/C14H27BrN4/c1-5-7-11(8-6-2)12(17-16)9-13-14(15)10(3)18-19(13)4/h11-12,17H,5-9,16H2,1-4H3. The maximum atomic E-state index is 5.79. The first-order valence-electron chi connectivity index (χ1n) is 7.19. The number of hydrogen-bond donors (Lipinski definition) is 2. The Morgan fingerprint density at radius 1 is 1.32 bits per heavy atom. The Hall–Kier alpha value is -0.390. The number of aryl methyl sites for hydroxylation is 2. The third-order valence-electron chi connectivity index (χ3n) is 3.78. The first-order chi connectivity index (χ1) is 9.04. The van der Waals surface area contributed by atoms with Gasteiger partial charge < -0.3 is 0 Å². The average molecular weight is 331 g/mol. The normalized spacial score (nSPS) is 13.2. The second kappa shape index (κ2) is 8.02. The number of nitrogens with two attached hydrogens (primary N) is 1. The Bertz CT molecular complexity index is 383. The number of nitrogens with zero attached hydrogens (tertiary/aromatic N) is 2. The summed E-state index contributed by atoms with van der Waals surface area (Å²) in [6, 6.07) is 0.311. The van der Waals surface area contributed by atoms with Gasteiger partial charge in [-0.05, 0) is 41.6 Å². The van der Waals surface area contributed by atoms with Gasteiger partial charge in [-0.1, -0.05) is 26.7 Å². The minimum atomic E-state index is 0.311. The van der Waals surface area contributed by atoms with E-state index in [0.717, 1.165) is 16.6 Å². The molecule has 0 fully saturated rings. The number of nitrogens with one attached hydrogen (secondary N) is 1. The predicted molar refractivity (Wildman–Crippen MR) is 83.8 cm³/mol. The van der Waals surface area contributed by atoms with Crippen LogP contribution < -0.4 is 11.3 Å². The Kier molecular flexibility index (Phi) is 7.04.